The minimum atomic E-state index is -0.400. The van der Waals surface area contributed by atoms with Gasteiger partial charge in [0.15, 0.2) is 6.17 Å². The van der Waals surface area contributed by atoms with Crippen LogP contribution in [0.15, 0.2) is 59.1 Å². The van der Waals surface area contributed by atoms with Gasteiger partial charge < -0.3 is 9.73 Å². The summed E-state index contributed by atoms with van der Waals surface area (Å²) in [4.78, 5) is 32.3. The van der Waals surface area contributed by atoms with Crippen molar-refractivity contribution < 1.29 is 22.9 Å². The standard InChI is InChI=1S/C28H32FN4O3/c1-18(30-2)23-13-14-24(36-23)28(35)33(25-8-4-15-31-25)17-5-7-22(33)21-6-3-16-32-26(21)27(34)19-9-11-20(29)12-10-19/h3,6,9-14,16,18,22,25,30-31H,4-5,7-8,15,17H2,1-2H3/q+1. The summed E-state index contributed by atoms with van der Waals surface area (Å²) in [6.45, 7) is 3.48. The number of benzene rings is 1. The number of quaternary nitrogens is 1. The molecule has 0 spiro atoms. The molecular weight excluding hydrogens is 459 g/mol. The maximum absolute atomic E-state index is 14.3. The number of ketones is 1. The zero-order valence-corrected chi connectivity index (χ0v) is 20.7. The topological polar surface area (TPSA) is 84.2 Å². The van der Waals surface area contributed by atoms with Gasteiger partial charge in [0.1, 0.15) is 23.3 Å². The molecule has 2 aliphatic rings. The molecule has 2 saturated heterocycles. The third kappa shape index (κ3) is 4.19. The highest BCUT2D eigenvalue weighted by atomic mass is 19.1. The van der Waals surface area contributed by atoms with Crippen molar-refractivity contribution in [1.82, 2.24) is 15.6 Å². The SMILES string of the molecule is CNC(C)c1ccc(C(=O)[N+]2(C3CCCN3)CCCC2c2cccnc2C(=O)c2ccc(F)cc2)o1. The summed E-state index contributed by atoms with van der Waals surface area (Å²) >= 11 is 0. The average Bonchev–Trinajstić information content (AvgIpc) is 3.68. The third-order valence-electron chi connectivity index (χ3n) is 7.75. The lowest BCUT2D eigenvalue weighted by Gasteiger charge is -2.42. The van der Waals surface area contributed by atoms with E-state index < -0.39 is 5.82 Å². The van der Waals surface area contributed by atoms with E-state index in [9.17, 15) is 14.0 Å². The lowest BCUT2D eigenvalue weighted by molar-refractivity contribution is -0.894. The number of pyridine rings is 1. The van der Waals surface area contributed by atoms with Gasteiger partial charge >= 0.3 is 5.91 Å². The van der Waals surface area contributed by atoms with E-state index in [0.717, 1.165) is 37.8 Å². The van der Waals surface area contributed by atoms with Crippen molar-refractivity contribution in [3.8, 4) is 0 Å². The second-order valence-corrected chi connectivity index (χ2v) is 9.72. The number of carbonyl (C=O) groups is 2. The molecule has 5 rings (SSSR count). The number of hydrogen-bond acceptors (Lipinski definition) is 6. The van der Waals surface area contributed by atoms with E-state index in [1.807, 2.05) is 32.2 Å². The van der Waals surface area contributed by atoms with Crippen LogP contribution in [-0.4, -0.2) is 47.5 Å². The summed E-state index contributed by atoms with van der Waals surface area (Å²) < 4.78 is 19.7. The van der Waals surface area contributed by atoms with Crippen molar-refractivity contribution in [2.75, 3.05) is 20.1 Å². The van der Waals surface area contributed by atoms with E-state index >= 15 is 0 Å². The second kappa shape index (κ2) is 10.0. The predicted molar refractivity (Wildman–Crippen MR) is 133 cm³/mol. The Kier molecular flexibility index (Phi) is 6.83. The molecule has 4 unspecified atom stereocenters. The normalized spacial score (nSPS) is 24.6. The Morgan fingerprint density at radius 3 is 2.67 bits per heavy atom. The minimum absolute atomic E-state index is 0.0164. The first-order chi connectivity index (χ1) is 17.5. The Balaban J connectivity index is 1.58. The number of carbonyl (C=O) groups excluding carboxylic acids is 2. The van der Waals surface area contributed by atoms with Crippen LogP contribution in [0.3, 0.4) is 0 Å². The van der Waals surface area contributed by atoms with Crippen LogP contribution in [0.4, 0.5) is 4.39 Å². The lowest BCUT2D eigenvalue weighted by Crippen LogP contribution is -2.62. The highest BCUT2D eigenvalue weighted by Crippen LogP contribution is 2.45. The first-order valence-electron chi connectivity index (χ1n) is 12.6. The molecule has 1 aromatic carbocycles. The molecule has 2 aromatic heterocycles. The Bertz CT molecular complexity index is 1250. The Morgan fingerprint density at radius 1 is 1.14 bits per heavy atom. The van der Waals surface area contributed by atoms with Gasteiger partial charge in [-0.2, -0.15) is 0 Å². The van der Waals surface area contributed by atoms with Gasteiger partial charge in [-0.3, -0.25) is 15.1 Å². The number of rotatable bonds is 7. The number of hydrogen-bond donors (Lipinski definition) is 2. The number of halogens is 1. The summed E-state index contributed by atoms with van der Waals surface area (Å²) in [5.41, 5.74) is 1.43. The van der Waals surface area contributed by atoms with Crippen LogP contribution in [0.25, 0.3) is 0 Å². The predicted octanol–water partition coefficient (Wildman–Crippen LogP) is 4.53. The van der Waals surface area contributed by atoms with Gasteiger partial charge in [-0.15, -0.1) is 0 Å². The van der Waals surface area contributed by atoms with Crippen LogP contribution in [0.5, 0.6) is 0 Å². The van der Waals surface area contributed by atoms with Crippen molar-refractivity contribution >= 4 is 11.7 Å². The first kappa shape index (κ1) is 24.5. The van der Waals surface area contributed by atoms with Gasteiger partial charge in [-0.05, 0) is 68.9 Å². The van der Waals surface area contributed by atoms with Gasteiger partial charge in [0.2, 0.25) is 11.5 Å². The summed E-state index contributed by atoms with van der Waals surface area (Å²) in [6, 6.07) is 12.6. The second-order valence-electron chi connectivity index (χ2n) is 9.72. The summed E-state index contributed by atoms with van der Waals surface area (Å²) in [7, 11) is 1.85. The summed E-state index contributed by atoms with van der Waals surface area (Å²) in [5.74, 6) is 0.300. The smallest absolute Gasteiger partial charge is 0.383 e. The van der Waals surface area contributed by atoms with Crippen LogP contribution >= 0.6 is 0 Å². The quantitative estimate of drug-likeness (QED) is 0.373. The fourth-order valence-corrected chi connectivity index (χ4v) is 5.82. The van der Waals surface area contributed by atoms with Gasteiger partial charge in [-0.25, -0.2) is 13.7 Å². The Morgan fingerprint density at radius 2 is 1.94 bits per heavy atom. The number of aromatic nitrogens is 1. The largest absolute Gasteiger partial charge is 0.450 e. The van der Waals surface area contributed by atoms with E-state index in [4.69, 9.17) is 4.42 Å². The van der Waals surface area contributed by atoms with Gasteiger partial charge in [-0.1, -0.05) is 0 Å². The number of nitrogens with zero attached hydrogens (tertiary/aromatic N) is 2. The van der Waals surface area contributed by atoms with Crippen LogP contribution in [0, 0.1) is 5.82 Å². The summed E-state index contributed by atoms with van der Waals surface area (Å²) in [5, 5.41) is 6.72. The first-order valence-corrected chi connectivity index (χ1v) is 12.6. The van der Waals surface area contributed by atoms with Gasteiger partial charge in [0.05, 0.1) is 12.6 Å². The monoisotopic (exact) mass is 491 g/mol. The van der Waals surface area contributed by atoms with E-state index in [-0.39, 0.29) is 34.4 Å². The molecular formula is C28H32FN4O3+. The van der Waals surface area contributed by atoms with Crippen LogP contribution in [0.1, 0.15) is 82.6 Å². The lowest BCUT2D eigenvalue weighted by atomic mass is 9.95. The number of amides is 1. The Hall–Kier alpha value is -3.20. The van der Waals surface area contributed by atoms with Crippen LogP contribution < -0.4 is 10.6 Å². The molecule has 0 radical (unpaired) electrons. The summed E-state index contributed by atoms with van der Waals surface area (Å²) in [6.07, 6.45) is 4.96. The average molecular weight is 492 g/mol. The van der Waals surface area contributed by atoms with E-state index in [1.54, 1.807) is 12.3 Å². The van der Waals surface area contributed by atoms with Crippen molar-refractivity contribution in [3.05, 3.63) is 88.9 Å². The molecule has 4 heterocycles. The van der Waals surface area contributed by atoms with E-state index in [0.29, 0.717) is 29.3 Å². The van der Waals surface area contributed by atoms with Crippen LogP contribution in [-0.2, 0) is 0 Å². The highest BCUT2D eigenvalue weighted by molar-refractivity contribution is 6.08. The van der Waals surface area contributed by atoms with Gasteiger partial charge in [0.25, 0.3) is 0 Å². The zero-order chi connectivity index (χ0) is 25.3. The third-order valence-corrected chi connectivity index (χ3v) is 7.75. The van der Waals surface area contributed by atoms with Crippen molar-refractivity contribution in [2.45, 2.75) is 50.9 Å². The Labute approximate surface area is 210 Å². The number of furan rings is 1. The van der Waals surface area contributed by atoms with Crippen molar-refractivity contribution in [1.29, 1.82) is 0 Å². The van der Waals surface area contributed by atoms with Crippen molar-refractivity contribution in [3.63, 3.8) is 0 Å². The fraction of sp³-hybridized carbons (Fsp3) is 0.393. The van der Waals surface area contributed by atoms with E-state index in [2.05, 4.69) is 15.6 Å². The fourth-order valence-electron chi connectivity index (χ4n) is 5.82. The molecule has 0 bridgehead atoms. The highest BCUT2D eigenvalue weighted by Gasteiger charge is 2.56. The molecule has 4 atom stereocenters. The maximum atomic E-state index is 14.3. The van der Waals surface area contributed by atoms with Gasteiger partial charge in [0, 0.05) is 43.1 Å². The molecule has 2 aliphatic heterocycles. The number of likely N-dealkylation sites (tertiary alicyclic amines) is 1. The molecule has 1 amide bonds. The molecule has 3 aromatic rings. The van der Waals surface area contributed by atoms with E-state index in [1.165, 1.54) is 24.3 Å². The molecule has 2 N–H and O–H groups in total. The molecule has 8 heteroatoms. The molecule has 7 nitrogen and oxygen atoms in total. The van der Waals surface area contributed by atoms with Crippen LogP contribution in [0.2, 0.25) is 0 Å². The molecule has 36 heavy (non-hydrogen) atoms. The van der Waals surface area contributed by atoms with Crippen molar-refractivity contribution in [2.24, 2.45) is 0 Å². The molecule has 188 valence electrons. The molecule has 0 aliphatic carbocycles. The molecule has 2 fully saturated rings. The zero-order valence-electron chi connectivity index (χ0n) is 20.7. The molecule has 0 saturated carbocycles. The minimum Gasteiger partial charge on any atom is -0.450 e. The number of nitrogens with one attached hydrogen (secondary N) is 2. The maximum Gasteiger partial charge on any atom is 0.383 e.